The van der Waals surface area contributed by atoms with Gasteiger partial charge in [-0.05, 0) is 86.8 Å². The Hall–Kier alpha value is -7.19. The third kappa shape index (κ3) is 15.2. The molecule has 400 valence electrons. The lowest BCUT2D eigenvalue weighted by molar-refractivity contribution is -0.164. The quantitative estimate of drug-likeness (QED) is 0.0157. The topological polar surface area (TPSA) is 301 Å². The minimum absolute atomic E-state index is 0.0310. The van der Waals surface area contributed by atoms with Gasteiger partial charge in [-0.3, -0.25) is 24.4 Å². The van der Waals surface area contributed by atoms with Gasteiger partial charge in [-0.1, -0.05) is 65.8 Å². The molecule has 3 atom stereocenters. The molecular weight excluding hydrogens is 1000 g/mol. The van der Waals surface area contributed by atoms with E-state index in [-0.39, 0.29) is 53.2 Å². The molecule has 2 aliphatic rings. The highest BCUT2D eigenvalue weighted by molar-refractivity contribution is 7.84. The Balaban J connectivity index is 1.24. The molecule has 0 spiro atoms. The summed E-state index contributed by atoms with van der Waals surface area (Å²) in [6, 6.07) is 14.1. The number of alkyl carbamates (subject to hydrolysis) is 1. The van der Waals surface area contributed by atoms with Crippen molar-refractivity contribution >= 4 is 68.5 Å². The number of hydrogen-bond donors (Lipinski definition) is 4. The number of esters is 1. The van der Waals surface area contributed by atoms with Crippen molar-refractivity contribution in [1.29, 1.82) is 0 Å². The second kappa shape index (κ2) is 22.5. The number of rotatable bonds is 19. The molecule has 26 heteroatoms. The van der Waals surface area contributed by atoms with E-state index < -0.39 is 105 Å². The highest BCUT2D eigenvalue weighted by atomic mass is 32.2. The van der Waals surface area contributed by atoms with Gasteiger partial charge >= 0.3 is 34.6 Å². The molecule has 1 saturated carbocycles. The van der Waals surface area contributed by atoms with Gasteiger partial charge < -0.3 is 34.4 Å². The molecule has 0 bridgehead atoms. The molecule has 2 fully saturated rings. The van der Waals surface area contributed by atoms with E-state index in [0.29, 0.717) is 11.1 Å². The number of amides is 5. The lowest BCUT2D eigenvalue weighted by Crippen LogP contribution is -2.73. The maximum atomic E-state index is 14.4. The molecule has 1 aliphatic carbocycles. The number of oxime groups is 1. The summed E-state index contributed by atoms with van der Waals surface area (Å²) in [5.74, 6) is -3.15. The van der Waals surface area contributed by atoms with E-state index in [9.17, 15) is 41.7 Å². The first-order valence-corrected chi connectivity index (χ1v) is 25.8. The normalized spacial score (nSPS) is 17.1. The molecule has 1 saturated heterocycles. The first kappa shape index (κ1) is 56.1. The molecule has 2 aromatic carbocycles. The van der Waals surface area contributed by atoms with Crippen molar-refractivity contribution in [2.24, 2.45) is 5.16 Å². The van der Waals surface area contributed by atoms with Crippen molar-refractivity contribution in [1.82, 2.24) is 39.8 Å². The summed E-state index contributed by atoms with van der Waals surface area (Å²) in [5.41, 5.74) is -3.33. The Bertz CT molecular complexity index is 2780. The third-order valence-electron chi connectivity index (χ3n) is 10.8. The highest BCUT2D eigenvalue weighted by Crippen LogP contribution is 2.43. The Kier molecular flexibility index (Phi) is 17.1. The van der Waals surface area contributed by atoms with Crippen LogP contribution in [0.1, 0.15) is 123 Å². The van der Waals surface area contributed by atoms with Crippen LogP contribution in [0.25, 0.3) is 0 Å². The maximum absolute atomic E-state index is 14.4. The predicted molar refractivity (Wildman–Crippen MR) is 267 cm³/mol. The number of ether oxygens (including phenoxy) is 4. The zero-order valence-electron chi connectivity index (χ0n) is 42.7. The standard InChI is InChI=1S/C48H62N10O14S2/c1-29(56(44(64)71-47(8,9)10)25-17-24-49-42(62)69-45(2,3)4)32-26-50-57(54-32)27-34-36(39(60)58(34)74(65,66)67)52-38(59)35(33-28-73-41(51-33)53-43(63)70-46(5,6)7)55-72-48(22-23-48)40(61)68-37(30-18-13-11-14-19-30)31-20-15-12-16-21-31/h11-16,18-21,26,28-29,34,36-37H,17,22-25,27H2,1-10H3,(H,49,62)(H,52,59)(H,51,53,63)(H,65,66,67)/b55-35+/t29-,34+,36-/m0/s1. The van der Waals surface area contributed by atoms with Crippen LogP contribution in [-0.2, 0) is 55.0 Å². The van der Waals surface area contributed by atoms with Crippen molar-refractivity contribution < 1.29 is 65.5 Å². The zero-order chi connectivity index (χ0) is 54.4. The van der Waals surface area contributed by atoms with Crippen LogP contribution in [0, 0.1) is 0 Å². The Morgan fingerprint density at radius 1 is 0.892 bits per heavy atom. The van der Waals surface area contributed by atoms with E-state index >= 15 is 0 Å². The van der Waals surface area contributed by atoms with E-state index in [0.717, 1.165) is 16.1 Å². The first-order chi connectivity index (χ1) is 34.5. The van der Waals surface area contributed by atoms with Gasteiger partial charge in [-0.2, -0.15) is 23.4 Å². The molecule has 5 amide bonds. The summed E-state index contributed by atoms with van der Waals surface area (Å²) in [4.78, 5) is 92.8. The molecular formula is C48H62N10O14S2. The summed E-state index contributed by atoms with van der Waals surface area (Å²) in [6.45, 7) is 16.6. The van der Waals surface area contributed by atoms with Crippen LogP contribution >= 0.6 is 11.3 Å². The number of benzene rings is 2. The number of nitrogens with zero attached hydrogens (tertiary/aromatic N) is 7. The van der Waals surface area contributed by atoms with Gasteiger partial charge in [0.1, 0.15) is 40.3 Å². The number of thiazole rings is 1. The van der Waals surface area contributed by atoms with Gasteiger partial charge in [0.2, 0.25) is 5.60 Å². The number of aromatic nitrogens is 4. The van der Waals surface area contributed by atoms with Crippen LogP contribution in [0.2, 0.25) is 0 Å². The molecule has 2 aromatic heterocycles. The van der Waals surface area contributed by atoms with Gasteiger partial charge in [0.05, 0.1) is 18.8 Å². The molecule has 0 radical (unpaired) electrons. The van der Waals surface area contributed by atoms with Gasteiger partial charge in [-0.25, -0.2) is 28.5 Å². The molecule has 6 rings (SSSR count). The number of β-lactam (4-membered cyclic amide) rings is 1. The fourth-order valence-corrected chi connectivity index (χ4v) is 8.75. The SMILES string of the molecule is C[C@@H](c1cnn(C[C@@H]2[C@H](NC(=O)/C(=N/OC3(C(=O)OC(c4ccccc4)c4ccccc4)CC3)c3csc(NC(=O)OC(C)(C)C)n3)C(=O)N2S(=O)(=O)O)n1)N(CCCNC(=O)OC(C)(C)C)C(=O)OC(C)(C)C. The first-order valence-electron chi connectivity index (χ1n) is 23.5. The Morgan fingerprint density at radius 3 is 2.03 bits per heavy atom. The van der Waals surface area contributed by atoms with Crippen LogP contribution in [-0.4, -0.2) is 132 Å². The molecule has 0 unspecified atom stereocenters. The van der Waals surface area contributed by atoms with Gasteiger partial charge in [0, 0.05) is 31.3 Å². The second-order valence-corrected chi connectivity index (χ2v) is 22.5. The summed E-state index contributed by atoms with van der Waals surface area (Å²) in [6.07, 6.45) is -1.16. The van der Waals surface area contributed by atoms with Crippen LogP contribution < -0.4 is 16.0 Å². The summed E-state index contributed by atoms with van der Waals surface area (Å²) >= 11 is 0.880. The van der Waals surface area contributed by atoms with Crippen molar-refractivity contribution in [3.05, 3.63) is 94.8 Å². The number of hydrogen-bond acceptors (Lipinski definition) is 18. The van der Waals surface area contributed by atoms with E-state index in [1.54, 1.807) is 118 Å². The molecule has 4 aromatic rings. The highest BCUT2D eigenvalue weighted by Gasteiger charge is 2.57. The van der Waals surface area contributed by atoms with Gasteiger partial charge in [0.25, 0.3) is 11.8 Å². The van der Waals surface area contributed by atoms with E-state index in [1.807, 2.05) is 12.1 Å². The summed E-state index contributed by atoms with van der Waals surface area (Å²) in [7, 11) is -5.22. The average Bonchev–Trinajstić information content (AvgIpc) is 3.70. The molecule has 1 aliphatic heterocycles. The van der Waals surface area contributed by atoms with Gasteiger partial charge in [0.15, 0.2) is 16.9 Å². The molecule has 74 heavy (non-hydrogen) atoms. The largest absolute Gasteiger partial charge is 0.450 e. The minimum Gasteiger partial charge on any atom is -0.450 e. The number of nitrogens with one attached hydrogen (secondary N) is 3. The number of carbonyl (C=O) groups is 6. The van der Waals surface area contributed by atoms with Crippen LogP contribution in [0.15, 0.2) is 77.4 Å². The third-order valence-corrected chi connectivity index (χ3v) is 12.5. The molecule has 3 heterocycles. The monoisotopic (exact) mass is 1070 g/mol. The fourth-order valence-electron chi connectivity index (χ4n) is 7.20. The fraction of sp³-hybridized carbons (Fsp3) is 0.500. The molecule has 4 N–H and O–H groups in total. The van der Waals surface area contributed by atoms with E-state index in [4.69, 9.17) is 23.8 Å². The van der Waals surface area contributed by atoms with Crippen molar-refractivity contribution in [3.8, 4) is 0 Å². The van der Waals surface area contributed by atoms with Gasteiger partial charge in [-0.15, -0.1) is 11.3 Å². The minimum atomic E-state index is -5.22. The smallest absolute Gasteiger partial charge is 0.413 e. The Morgan fingerprint density at radius 2 is 1.47 bits per heavy atom. The predicted octanol–water partition coefficient (Wildman–Crippen LogP) is 6.08. The Labute approximate surface area is 432 Å². The van der Waals surface area contributed by atoms with E-state index in [2.05, 4.69) is 36.3 Å². The number of carbonyl (C=O) groups excluding carboxylic acids is 6. The summed E-state index contributed by atoms with van der Waals surface area (Å²) in [5, 5.41) is 21.7. The second-order valence-electron chi connectivity index (χ2n) is 20.4. The lowest BCUT2D eigenvalue weighted by Gasteiger charge is -2.43. The maximum Gasteiger partial charge on any atom is 0.413 e. The number of anilines is 1. The summed E-state index contributed by atoms with van der Waals surface area (Å²) < 4.78 is 57.9. The van der Waals surface area contributed by atoms with Crippen LogP contribution in [0.5, 0.6) is 0 Å². The van der Waals surface area contributed by atoms with Crippen LogP contribution in [0.3, 0.4) is 0 Å². The van der Waals surface area contributed by atoms with Crippen LogP contribution in [0.4, 0.5) is 19.5 Å². The van der Waals surface area contributed by atoms with Crippen molar-refractivity contribution in [2.45, 2.75) is 142 Å². The molecule has 24 nitrogen and oxygen atoms in total. The lowest BCUT2D eigenvalue weighted by atomic mass is 9.98. The zero-order valence-corrected chi connectivity index (χ0v) is 44.3. The van der Waals surface area contributed by atoms with Crippen molar-refractivity contribution in [2.75, 3.05) is 18.4 Å². The van der Waals surface area contributed by atoms with E-state index in [1.165, 1.54) is 16.5 Å². The van der Waals surface area contributed by atoms with Crippen molar-refractivity contribution in [3.63, 3.8) is 0 Å². The average molecular weight is 1070 g/mol.